The minimum absolute atomic E-state index is 0.0400. The second-order valence-electron chi connectivity index (χ2n) is 6.04. The summed E-state index contributed by atoms with van der Waals surface area (Å²) >= 11 is 0. The summed E-state index contributed by atoms with van der Waals surface area (Å²) in [5, 5.41) is 2.88. The van der Waals surface area contributed by atoms with Crippen molar-refractivity contribution in [2.75, 3.05) is 13.2 Å². The van der Waals surface area contributed by atoms with Gasteiger partial charge in [0.25, 0.3) is 11.8 Å². The standard InChI is InChI=1S/C18H21N5O3/c19-8-14-16(17(20)24)23-15(10-21-14)11-3-1-4-12(7-11)18(25)22-9-13-5-2-6-26-13/h1,3-4,7,10,13H,2,5-6,8-9,19H2,(H2,20,24)(H,22,25). The topological polar surface area (TPSA) is 133 Å². The molecule has 3 rings (SSSR count). The molecule has 2 amide bonds. The molecule has 8 nitrogen and oxygen atoms in total. The van der Waals surface area contributed by atoms with Gasteiger partial charge in [-0.3, -0.25) is 14.6 Å². The summed E-state index contributed by atoms with van der Waals surface area (Å²) in [6.07, 6.45) is 3.57. The number of nitrogens with zero attached hydrogens (tertiary/aromatic N) is 2. The minimum Gasteiger partial charge on any atom is -0.376 e. The van der Waals surface area contributed by atoms with Gasteiger partial charge < -0.3 is 21.5 Å². The summed E-state index contributed by atoms with van der Waals surface area (Å²) < 4.78 is 5.50. The molecule has 0 radical (unpaired) electrons. The number of nitrogens with two attached hydrogens (primary N) is 2. The number of nitrogens with one attached hydrogen (secondary N) is 1. The predicted octanol–water partition coefficient (Wildman–Crippen LogP) is 0.610. The van der Waals surface area contributed by atoms with Crippen LogP contribution in [0.4, 0.5) is 0 Å². The molecule has 0 aliphatic carbocycles. The van der Waals surface area contributed by atoms with Crippen LogP contribution in [0, 0.1) is 0 Å². The smallest absolute Gasteiger partial charge is 0.269 e. The number of amides is 2. The van der Waals surface area contributed by atoms with Crippen molar-refractivity contribution in [1.29, 1.82) is 0 Å². The Hall–Kier alpha value is -2.84. The summed E-state index contributed by atoms with van der Waals surface area (Å²) in [4.78, 5) is 32.3. The van der Waals surface area contributed by atoms with E-state index in [4.69, 9.17) is 16.2 Å². The molecule has 1 aliphatic heterocycles. The number of primary amides is 1. The van der Waals surface area contributed by atoms with Gasteiger partial charge in [0.05, 0.1) is 23.7 Å². The molecule has 8 heteroatoms. The predicted molar refractivity (Wildman–Crippen MR) is 95.2 cm³/mol. The van der Waals surface area contributed by atoms with E-state index in [0.29, 0.717) is 29.1 Å². The molecular weight excluding hydrogens is 334 g/mol. The van der Waals surface area contributed by atoms with Gasteiger partial charge in [-0.1, -0.05) is 12.1 Å². The highest BCUT2D eigenvalue weighted by molar-refractivity contribution is 5.95. The Kier molecular flexibility index (Phi) is 5.55. The van der Waals surface area contributed by atoms with Gasteiger partial charge in [0.15, 0.2) is 5.69 Å². The Balaban J connectivity index is 1.79. The monoisotopic (exact) mass is 355 g/mol. The zero-order chi connectivity index (χ0) is 18.5. The SMILES string of the molecule is NCc1ncc(-c2cccc(C(=O)NCC3CCCO3)c2)nc1C(N)=O. The molecule has 136 valence electrons. The molecule has 2 heterocycles. The lowest BCUT2D eigenvalue weighted by Gasteiger charge is -2.11. The highest BCUT2D eigenvalue weighted by atomic mass is 16.5. The Morgan fingerprint density at radius 1 is 1.35 bits per heavy atom. The Labute approximate surface area is 151 Å². The third-order valence-electron chi connectivity index (χ3n) is 4.21. The Morgan fingerprint density at radius 3 is 2.88 bits per heavy atom. The molecule has 1 unspecified atom stereocenters. The number of benzene rings is 1. The van der Waals surface area contributed by atoms with Crippen LogP contribution >= 0.6 is 0 Å². The first-order chi connectivity index (χ1) is 12.6. The summed E-state index contributed by atoms with van der Waals surface area (Å²) in [5.41, 5.74) is 12.9. The van der Waals surface area contributed by atoms with Gasteiger partial charge in [-0.05, 0) is 25.0 Å². The normalized spacial score (nSPS) is 16.4. The van der Waals surface area contributed by atoms with Crippen molar-refractivity contribution in [3.05, 3.63) is 47.4 Å². The summed E-state index contributed by atoms with van der Waals surface area (Å²) in [5.74, 6) is -0.880. The number of ether oxygens (including phenoxy) is 1. The van der Waals surface area contributed by atoms with Crippen LogP contribution in [0.25, 0.3) is 11.3 Å². The molecule has 1 atom stereocenters. The Bertz CT molecular complexity index is 818. The highest BCUT2D eigenvalue weighted by Crippen LogP contribution is 2.19. The molecule has 1 saturated heterocycles. The number of rotatable bonds is 6. The van der Waals surface area contributed by atoms with Crippen LogP contribution in [0.3, 0.4) is 0 Å². The number of carbonyl (C=O) groups excluding carboxylic acids is 2. The minimum atomic E-state index is -0.690. The number of hydrogen-bond donors (Lipinski definition) is 3. The molecule has 1 aromatic carbocycles. The summed E-state index contributed by atoms with van der Waals surface area (Å²) in [7, 11) is 0. The van der Waals surface area contributed by atoms with Crippen molar-refractivity contribution < 1.29 is 14.3 Å². The fourth-order valence-corrected chi connectivity index (χ4v) is 2.83. The maximum Gasteiger partial charge on any atom is 0.269 e. The third-order valence-corrected chi connectivity index (χ3v) is 4.21. The van der Waals surface area contributed by atoms with Crippen molar-refractivity contribution in [3.63, 3.8) is 0 Å². The third kappa shape index (κ3) is 4.04. The van der Waals surface area contributed by atoms with Gasteiger partial charge in [0, 0.05) is 30.8 Å². The van der Waals surface area contributed by atoms with E-state index in [9.17, 15) is 9.59 Å². The molecular formula is C18H21N5O3. The van der Waals surface area contributed by atoms with Crippen LogP contribution in [-0.4, -0.2) is 41.0 Å². The average Bonchev–Trinajstić information content (AvgIpc) is 3.19. The molecule has 1 fully saturated rings. The van der Waals surface area contributed by atoms with Crippen molar-refractivity contribution in [2.24, 2.45) is 11.5 Å². The molecule has 0 spiro atoms. The molecule has 1 aromatic heterocycles. The van der Waals surface area contributed by atoms with E-state index in [-0.39, 0.29) is 24.2 Å². The fraction of sp³-hybridized carbons (Fsp3) is 0.333. The van der Waals surface area contributed by atoms with Gasteiger partial charge in [-0.2, -0.15) is 0 Å². The van der Waals surface area contributed by atoms with Crippen LogP contribution in [0.2, 0.25) is 0 Å². The molecule has 26 heavy (non-hydrogen) atoms. The average molecular weight is 355 g/mol. The second kappa shape index (κ2) is 8.03. The van der Waals surface area contributed by atoms with Crippen LogP contribution in [0.1, 0.15) is 39.4 Å². The van der Waals surface area contributed by atoms with Crippen LogP contribution in [-0.2, 0) is 11.3 Å². The second-order valence-corrected chi connectivity index (χ2v) is 6.04. The van der Waals surface area contributed by atoms with Crippen molar-refractivity contribution in [2.45, 2.75) is 25.5 Å². The molecule has 1 aliphatic rings. The maximum atomic E-state index is 12.4. The quantitative estimate of drug-likeness (QED) is 0.695. The number of aromatic nitrogens is 2. The van der Waals surface area contributed by atoms with E-state index in [0.717, 1.165) is 19.4 Å². The van der Waals surface area contributed by atoms with Gasteiger partial charge in [-0.25, -0.2) is 4.98 Å². The molecule has 2 aromatic rings. The Morgan fingerprint density at radius 2 is 2.19 bits per heavy atom. The van der Waals surface area contributed by atoms with Crippen LogP contribution in [0.5, 0.6) is 0 Å². The lowest BCUT2D eigenvalue weighted by molar-refractivity contribution is 0.0857. The first-order valence-electron chi connectivity index (χ1n) is 8.44. The van der Waals surface area contributed by atoms with Crippen molar-refractivity contribution >= 4 is 11.8 Å². The van der Waals surface area contributed by atoms with E-state index >= 15 is 0 Å². The lowest BCUT2D eigenvalue weighted by Crippen LogP contribution is -2.31. The zero-order valence-corrected chi connectivity index (χ0v) is 14.3. The van der Waals surface area contributed by atoms with E-state index in [1.807, 2.05) is 0 Å². The van der Waals surface area contributed by atoms with Gasteiger partial charge >= 0.3 is 0 Å². The zero-order valence-electron chi connectivity index (χ0n) is 14.3. The number of carbonyl (C=O) groups is 2. The highest BCUT2D eigenvalue weighted by Gasteiger charge is 2.17. The van der Waals surface area contributed by atoms with E-state index in [1.54, 1.807) is 24.3 Å². The largest absolute Gasteiger partial charge is 0.376 e. The maximum absolute atomic E-state index is 12.4. The first kappa shape index (κ1) is 18.0. The first-order valence-corrected chi connectivity index (χ1v) is 8.44. The van der Waals surface area contributed by atoms with Gasteiger partial charge in [0.1, 0.15) is 0 Å². The van der Waals surface area contributed by atoms with Crippen LogP contribution in [0.15, 0.2) is 30.5 Å². The number of hydrogen-bond acceptors (Lipinski definition) is 6. The van der Waals surface area contributed by atoms with Gasteiger partial charge in [-0.15, -0.1) is 0 Å². The van der Waals surface area contributed by atoms with Crippen molar-refractivity contribution in [3.8, 4) is 11.3 Å². The fourth-order valence-electron chi connectivity index (χ4n) is 2.83. The van der Waals surface area contributed by atoms with E-state index in [2.05, 4.69) is 15.3 Å². The molecule has 0 bridgehead atoms. The van der Waals surface area contributed by atoms with Crippen LogP contribution < -0.4 is 16.8 Å². The summed E-state index contributed by atoms with van der Waals surface area (Å²) in [6, 6.07) is 6.94. The summed E-state index contributed by atoms with van der Waals surface area (Å²) in [6.45, 7) is 1.30. The van der Waals surface area contributed by atoms with E-state index in [1.165, 1.54) is 6.20 Å². The van der Waals surface area contributed by atoms with Crippen molar-refractivity contribution in [1.82, 2.24) is 15.3 Å². The lowest BCUT2D eigenvalue weighted by atomic mass is 10.1. The molecule has 5 N–H and O–H groups in total. The van der Waals surface area contributed by atoms with E-state index < -0.39 is 5.91 Å². The molecule has 0 saturated carbocycles. The van der Waals surface area contributed by atoms with Gasteiger partial charge in [0.2, 0.25) is 0 Å².